The fourth-order valence-corrected chi connectivity index (χ4v) is 1.10. The first-order chi connectivity index (χ1) is 7.36. The lowest BCUT2D eigenvalue weighted by Crippen LogP contribution is -2.07. The molecule has 0 aliphatic rings. The molecule has 0 spiro atoms. The van der Waals surface area contributed by atoms with Crippen molar-refractivity contribution in [3.05, 3.63) is 24.9 Å². The lowest BCUT2D eigenvalue weighted by atomic mass is 10.3. The highest BCUT2D eigenvalue weighted by Crippen LogP contribution is 2.05. The van der Waals surface area contributed by atoms with Gasteiger partial charge in [0.1, 0.15) is 5.82 Å². The number of unbranched alkanes of at least 4 members (excludes halogenated alkanes) is 1. The summed E-state index contributed by atoms with van der Waals surface area (Å²) < 4.78 is 0. The van der Waals surface area contributed by atoms with Crippen LogP contribution in [0.1, 0.15) is 19.8 Å². The van der Waals surface area contributed by atoms with E-state index in [4.69, 9.17) is 0 Å². The number of hydrogen-bond acceptors (Lipinski definition) is 4. The van der Waals surface area contributed by atoms with Crippen molar-refractivity contribution < 1.29 is 0 Å². The summed E-state index contributed by atoms with van der Waals surface area (Å²) in [6, 6.07) is 1.84. The van der Waals surface area contributed by atoms with Crippen LogP contribution in [0, 0.1) is 0 Å². The van der Waals surface area contributed by atoms with E-state index in [9.17, 15) is 0 Å². The molecule has 0 amide bonds. The first-order valence-electron chi connectivity index (χ1n) is 5.28. The second kappa shape index (κ2) is 6.81. The van der Waals surface area contributed by atoms with Crippen LogP contribution in [0.4, 0.5) is 11.8 Å². The monoisotopic (exact) mass is 206 g/mol. The van der Waals surface area contributed by atoms with Crippen molar-refractivity contribution in [3.63, 3.8) is 0 Å². The molecule has 0 atom stereocenters. The summed E-state index contributed by atoms with van der Waals surface area (Å²) in [5.74, 6) is 1.50. The second-order valence-corrected chi connectivity index (χ2v) is 3.22. The summed E-state index contributed by atoms with van der Waals surface area (Å²) in [6.07, 6.45) is 5.84. The Morgan fingerprint density at radius 3 is 3.07 bits per heavy atom. The van der Waals surface area contributed by atoms with E-state index in [1.807, 2.05) is 6.07 Å². The molecule has 4 nitrogen and oxygen atoms in total. The van der Waals surface area contributed by atoms with Gasteiger partial charge < -0.3 is 10.6 Å². The number of aromatic nitrogens is 2. The van der Waals surface area contributed by atoms with Gasteiger partial charge in [0, 0.05) is 19.3 Å². The Kier molecular flexibility index (Phi) is 5.22. The van der Waals surface area contributed by atoms with Crippen molar-refractivity contribution in [2.75, 3.05) is 23.7 Å². The molecule has 1 aromatic heterocycles. The zero-order chi connectivity index (χ0) is 10.9. The molecule has 15 heavy (non-hydrogen) atoms. The highest BCUT2D eigenvalue weighted by Gasteiger charge is 1.96. The summed E-state index contributed by atoms with van der Waals surface area (Å²) >= 11 is 0. The lowest BCUT2D eigenvalue weighted by Gasteiger charge is -2.06. The van der Waals surface area contributed by atoms with E-state index in [2.05, 4.69) is 34.1 Å². The minimum absolute atomic E-state index is 0.678. The summed E-state index contributed by atoms with van der Waals surface area (Å²) in [6.45, 7) is 7.43. The summed E-state index contributed by atoms with van der Waals surface area (Å²) in [5, 5.41) is 6.29. The predicted molar refractivity (Wildman–Crippen MR) is 64.1 cm³/mol. The van der Waals surface area contributed by atoms with Crippen LogP contribution in [0.25, 0.3) is 0 Å². The first kappa shape index (κ1) is 11.5. The topological polar surface area (TPSA) is 49.8 Å². The number of hydrogen-bond donors (Lipinski definition) is 2. The SMILES string of the molecule is C=CCNc1ccnc(NCCCC)n1. The summed E-state index contributed by atoms with van der Waals surface area (Å²) in [4.78, 5) is 8.43. The minimum atomic E-state index is 0.678. The van der Waals surface area contributed by atoms with Gasteiger partial charge in [0.25, 0.3) is 0 Å². The highest BCUT2D eigenvalue weighted by atomic mass is 15.1. The molecular formula is C11H18N4. The van der Waals surface area contributed by atoms with Gasteiger partial charge >= 0.3 is 0 Å². The average Bonchev–Trinajstić information content (AvgIpc) is 2.27. The molecule has 0 bridgehead atoms. The second-order valence-electron chi connectivity index (χ2n) is 3.22. The molecule has 0 saturated heterocycles. The van der Waals surface area contributed by atoms with Crippen LogP contribution in [-0.2, 0) is 0 Å². The van der Waals surface area contributed by atoms with Crippen molar-refractivity contribution in [2.45, 2.75) is 19.8 Å². The van der Waals surface area contributed by atoms with Gasteiger partial charge in [-0.1, -0.05) is 19.4 Å². The Labute approximate surface area is 90.8 Å². The zero-order valence-electron chi connectivity index (χ0n) is 9.16. The van der Waals surface area contributed by atoms with E-state index in [0.29, 0.717) is 12.5 Å². The fraction of sp³-hybridized carbons (Fsp3) is 0.455. The molecule has 0 unspecified atom stereocenters. The van der Waals surface area contributed by atoms with E-state index < -0.39 is 0 Å². The van der Waals surface area contributed by atoms with E-state index in [1.165, 1.54) is 6.42 Å². The number of rotatable bonds is 7. The van der Waals surface area contributed by atoms with E-state index in [0.717, 1.165) is 18.8 Å². The molecule has 0 aliphatic carbocycles. The van der Waals surface area contributed by atoms with E-state index >= 15 is 0 Å². The Bertz CT molecular complexity index is 298. The first-order valence-corrected chi connectivity index (χ1v) is 5.28. The van der Waals surface area contributed by atoms with Crippen molar-refractivity contribution >= 4 is 11.8 Å². The zero-order valence-corrected chi connectivity index (χ0v) is 9.16. The Morgan fingerprint density at radius 2 is 2.33 bits per heavy atom. The number of anilines is 2. The van der Waals surface area contributed by atoms with Crippen LogP contribution in [0.15, 0.2) is 24.9 Å². The van der Waals surface area contributed by atoms with Crippen molar-refractivity contribution in [1.29, 1.82) is 0 Å². The molecule has 0 aliphatic heterocycles. The molecule has 82 valence electrons. The van der Waals surface area contributed by atoms with Gasteiger partial charge in [0.05, 0.1) is 0 Å². The standard InChI is InChI=1S/C11H18N4/c1-3-5-8-13-11-14-9-6-10(15-11)12-7-4-2/h4,6,9H,2-3,5,7-8H2,1H3,(H2,12,13,14,15). The Balaban J connectivity index is 2.46. The molecule has 0 aromatic carbocycles. The third-order valence-electron chi connectivity index (χ3n) is 1.90. The van der Waals surface area contributed by atoms with Crippen LogP contribution in [0.5, 0.6) is 0 Å². The molecule has 1 aromatic rings. The molecule has 1 rings (SSSR count). The molecule has 4 heteroatoms. The van der Waals surface area contributed by atoms with Crippen LogP contribution in [0.2, 0.25) is 0 Å². The highest BCUT2D eigenvalue weighted by molar-refractivity contribution is 5.39. The van der Waals surface area contributed by atoms with Crippen LogP contribution < -0.4 is 10.6 Å². The molecule has 2 N–H and O–H groups in total. The summed E-state index contributed by atoms with van der Waals surface area (Å²) in [5.41, 5.74) is 0. The van der Waals surface area contributed by atoms with E-state index in [1.54, 1.807) is 12.3 Å². The maximum Gasteiger partial charge on any atom is 0.224 e. The molecule has 1 heterocycles. The van der Waals surface area contributed by atoms with Crippen LogP contribution >= 0.6 is 0 Å². The van der Waals surface area contributed by atoms with Crippen molar-refractivity contribution in [3.8, 4) is 0 Å². The smallest absolute Gasteiger partial charge is 0.224 e. The van der Waals surface area contributed by atoms with Crippen LogP contribution in [-0.4, -0.2) is 23.1 Å². The number of nitrogens with one attached hydrogen (secondary N) is 2. The maximum absolute atomic E-state index is 4.30. The molecular weight excluding hydrogens is 188 g/mol. The van der Waals surface area contributed by atoms with Gasteiger partial charge in [-0.2, -0.15) is 4.98 Å². The average molecular weight is 206 g/mol. The van der Waals surface area contributed by atoms with Gasteiger partial charge in [-0.3, -0.25) is 0 Å². The quantitative estimate of drug-likeness (QED) is 0.531. The van der Waals surface area contributed by atoms with Crippen molar-refractivity contribution in [1.82, 2.24) is 9.97 Å². The minimum Gasteiger partial charge on any atom is -0.366 e. The maximum atomic E-state index is 4.30. The van der Waals surface area contributed by atoms with Crippen molar-refractivity contribution in [2.24, 2.45) is 0 Å². The Hall–Kier alpha value is -1.58. The van der Waals surface area contributed by atoms with Crippen LogP contribution in [0.3, 0.4) is 0 Å². The van der Waals surface area contributed by atoms with Gasteiger partial charge in [0.2, 0.25) is 5.95 Å². The summed E-state index contributed by atoms with van der Waals surface area (Å²) in [7, 11) is 0. The largest absolute Gasteiger partial charge is 0.366 e. The van der Waals surface area contributed by atoms with Gasteiger partial charge in [0.15, 0.2) is 0 Å². The predicted octanol–water partition coefficient (Wildman–Crippen LogP) is 2.29. The third kappa shape index (κ3) is 4.44. The number of nitrogens with zero attached hydrogens (tertiary/aromatic N) is 2. The normalized spacial score (nSPS) is 9.67. The Morgan fingerprint density at radius 1 is 1.47 bits per heavy atom. The van der Waals surface area contributed by atoms with Gasteiger partial charge in [-0.25, -0.2) is 4.98 Å². The molecule has 0 radical (unpaired) electrons. The molecule has 0 saturated carbocycles. The molecule has 0 fully saturated rings. The van der Waals surface area contributed by atoms with E-state index in [-0.39, 0.29) is 0 Å². The third-order valence-corrected chi connectivity index (χ3v) is 1.90. The lowest BCUT2D eigenvalue weighted by molar-refractivity contribution is 0.826. The fourth-order valence-electron chi connectivity index (χ4n) is 1.10. The van der Waals surface area contributed by atoms with Gasteiger partial charge in [-0.05, 0) is 12.5 Å². The van der Waals surface area contributed by atoms with Gasteiger partial charge in [-0.15, -0.1) is 6.58 Å².